The van der Waals surface area contributed by atoms with Gasteiger partial charge in [0.05, 0.1) is 24.7 Å². The molecule has 6 rings (SSSR count). The quantitative estimate of drug-likeness (QED) is 0.237. The third kappa shape index (κ3) is 4.72. The topological polar surface area (TPSA) is 156 Å². The fraction of sp³-hybridized carbons (Fsp3) is 0.0357. The van der Waals surface area contributed by atoms with E-state index in [4.69, 9.17) is 9.47 Å². The highest BCUT2D eigenvalue weighted by atomic mass is 16.5. The summed E-state index contributed by atoms with van der Waals surface area (Å²) in [6, 6.07) is 20.3. The molecule has 3 aromatic carbocycles. The van der Waals surface area contributed by atoms with Gasteiger partial charge in [-0.1, -0.05) is 24.3 Å². The first-order chi connectivity index (χ1) is 19.5. The van der Waals surface area contributed by atoms with E-state index in [0.717, 1.165) is 10.8 Å². The number of methoxy groups -OCH3 is 1. The van der Waals surface area contributed by atoms with Crippen molar-refractivity contribution in [2.75, 3.05) is 17.7 Å². The molecule has 198 valence electrons. The normalized spacial score (nSPS) is 10.9. The number of amides is 2. The minimum absolute atomic E-state index is 0.250. The molecule has 0 saturated heterocycles. The van der Waals surface area contributed by atoms with E-state index in [1.807, 2.05) is 24.3 Å². The number of H-pyrrole nitrogens is 1. The SMILES string of the molecule is COc1ccc(-n2nc(O)cc2NC(=O)Nc2ccc(Oc3ccnc4[nH]c(=O)cnc34)c3ccccc23)cc1. The summed E-state index contributed by atoms with van der Waals surface area (Å²) in [6.45, 7) is 0. The van der Waals surface area contributed by atoms with E-state index in [9.17, 15) is 14.7 Å². The van der Waals surface area contributed by atoms with Gasteiger partial charge in [-0.3, -0.25) is 10.1 Å². The number of hydrogen-bond acceptors (Lipinski definition) is 8. The molecule has 0 fully saturated rings. The molecule has 0 aliphatic carbocycles. The number of nitrogens with one attached hydrogen (secondary N) is 3. The smallest absolute Gasteiger partial charge is 0.324 e. The second kappa shape index (κ2) is 10.1. The van der Waals surface area contributed by atoms with Crippen molar-refractivity contribution in [1.29, 1.82) is 0 Å². The lowest BCUT2D eigenvalue weighted by Crippen LogP contribution is -2.21. The maximum atomic E-state index is 13.0. The number of nitrogens with zero attached hydrogens (tertiary/aromatic N) is 4. The largest absolute Gasteiger partial charge is 0.497 e. The second-order valence-corrected chi connectivity index (χ2v) is 8.59. The first-order valence-electron chi connectivity index (χ1n) is 12.0. The molecule has 0 bridgehead atoms. The summed E-state index contributed by atoms with van der Waals surface area (Å²) in [6.07, 6.45) is 2.69. The lowest BCUT2D eigenvalue weighted by Gasteiger charge is -2.14. The molecule has 0 radical (unpaired) electrons. The van der Waals surface area contributed by atoms with Crippen molar-refractivity contribution >= 4 is 39.5 Å². The Kier molecular flexibility index (Phi) is 6.17. The average Bonchev–Trinajstić information content (AvgIpc) is 3.33. The van der Waals surface area contributed by atoms with Crippen LogP contribution in [0.5, 0.6) is 23.1 Å². The zero-order chi connectivity index (χ0) is 27.6. The number of rotatable bonds is 6. The highest BCUT2D eigenvalue weighted by Gasteiger charge is 2.15. The van der Waals surface area contributed by atoms with Crippen LogP contribution in [0.15, 0.2) is 90.0 Å². The number of benzene rings is 3. The fourth-order valence-electron chi connectivity index (χ4n) is 4.24. The molecule has 0 spiro atoms. The first kappa shape index (κ1) is 24.4. The van der Waals surface area contributed by atoms with Crippen LogP contribution in [0.1, 0.15) is 0 Å². The van der Waals surface area contributed by atoms with Crippen LogP contribution in [-0.2, 0) is 0 Å². The van der Waals surface area contributed by atoms with Crippen molar-refractivity contribution in [3.8, 4) is 28.8 Å². The van der Waals surface area contributed by atoms with Crippen LogP contribution < -0.4 is 25.7 Å². The zero-order valence-corrected chi connectivity index (χ0v) is 21.0. The van der Waals surface area contributed by atoms with Crippen LogP contribution in [0.25, 0.3) is 27.6 Å². The maximum absolute atomic E-state index is 13.0. The van der Waals surface area contributed by atoms with Gasteiger partial charge in [0, 0.05) is 29.1 Å². The Bertz CT molecular complexity index is 1930. The average molecular weight is 536 g/mol. The molecule has 2 amide bonds. The van der Waals surface area contributed by atoms with Gasteiger partial charge in [-0.25, -0.2) is 19.4 Å². The Balaban J connectivity index is 1.27. The summed E-state index contributed by atoms with van der Waals surface area (Å²) in [5, 5.41) is 21.1. The number of carbonyl (C=O) groups is 1. The molecule has 12 nitrogen and oxygen atoms in total. The van der Waals surface area contributed by atoms with Crippen molar-refractivity contribution in [2.45, 2.75) is 0 Å². The van der Waals surface area contributed by atoms with Crippen molar-refractivity contribution < 1.29 is 19.4 Å². The summed E-state index contributed by atoms with van der Waals surface area (Å²) in [5.74, 6) is 1.61. The third-order valence-corrected chi connectivity index (χ3v) is 6.05. The Morgan fingerprint density at radius 1 is 0.950 bits per heavy atom. The number of carbonyl (C=O) groups excluding carboxylic acids is 1. The van der Waals surface area contributed by atoms with Gasteiger partial charge in [-0.15, -0.1) is 5.10 Å². The van der Waals surface area contributed by atoms with Crippen LogP contribution in [0.4, 0.5) is 16.3 Å². The van der Waals surface area contributed by atoms with E-state index in [-0.39, 0.29) is 17.3 Å². The summed E-state index contributed by atoms with van der Waals surface area (Å²) < 4.78 is 12.8. The fourth-order valence-corrected chi connectivity index (χ4v) is 4.24. The summed E-state index contributed by atoms with van der Waals surface area (Å²) in [7, 11) is 1.57. The Hall–Kier alpha value is -5.91. The Labute approximate surface area is 225 Å². The van der Waals surface area contributed by atoms with Gasteiger partial charge < -0.3 is 24.9 Å². The number of anilines is 2. The number of aromatic amines is 1. The van der Waals surface area contributed by atoms with Crippen molar-refractivity contribution in [3.05, 3.63) is 95.5 Å². The maximum Gasteiger partial charge on any atom is 0.324 e. The molecular formula is C28H21N7O5. The monoisotopic (exact) mass is 535 g/mol. The lowest BCUT2D eigenvalue weighted by molar-refractivity contribution is 0.262. The van der Waals surface area contributed by atoms with Crippen LogP contribution >= 0.6 is 0 Å². The molecule has 6 aromatic rings. The van der Waals surface area contributed by atoms with Crippen molar-refractivity contribution in [3.63, 3.8) is 0 Å². The molecule has 0 aliphatic rings. The van der Waals surface area contributed by atoms with E-state index in [0.29, 0.717) is 39.8 Å². The number of pyridine rings is 1. The molecule has 3 heterocycles. The van der Waals surface area contributed by atoms with Gasteiger partial charge in [-0.2, -0.15) is 0 Å². The number of ether oxygens (including phenoxy) is 2. The van der Waals surface area contributed by atoms with Crippen molar-refractivity contribution in [1.82, 2.24) is 24.7 Å². The molecule has 4 N–H and O–H groups in total. The molecule has 0 atom stereocenters. The van der Waals surface area contributed by atoms with E-state index in [1.165, 1.54) is 23.1 Å². The first-order valence-corrected chi connectivity index (χ1v) is 12.0. The van der Waals surface area contributed by atoms with Crippen LogP contribution in [0.2, 0.25) is 0 Å². The van der Waals surface area contributed by atoms with Gasteiger partial charge in [0.1, 0.15) is 22.8 Å². The van der Waals surface area contributed by atoms with E-state index < -0.39 is 6.03 Å². The Morgan fingerprint density at radius 2 is 1.75 bits per heavy atom. The molecule has 3 aromatic heterocycles. The number of hydrogen-bond donors (Lipinski definition) is 4. The minimum Gasteiger partial charge on any atom is -0.497 e. The zero-order valence-electron chi connectivity index (χ0n) is 21.0. The van der Waals surface area contributed by atoms with Crippen LogP contribution in [-0.4, -0.2) is 43.0 Å². The van der Waals surface area contributed by atoms with E-state index in [2.05, 4.69) is 30.7 Å². The molecule has 0 saturated carbocycles. The Morgan fingerprint density at radius 3 is 2.55 bits per heavy atom. The highest BCUT2D eigenvalue weighted by molar-refractivity contribution is 6.07. The number of fused-ring (bicyclic) bond motifs is 2. The van der Waals surface area contributed by atoms with Gasteiger partial charge in [0.15, 0.2) is 11.4 Å². The minimum atomic E-state index is -0.540. The van der Waals surface area contributed by atoms with Crippen LogP contribution in [0.3, 0.4) is 0 Å². The van der Waals surface area contributed by atoms with Gasteiger partial charge >= 0.3 is 6.03 Å². The summed E-state index contributed by atoms with van der Waals surface area (Å²) in [5.41, 5.74) is 1.50. The van der Waals surface area contributed by atoms with E-state index in [1.54, 1.807) is 49.6 Å². The van der Waals surface area contributed by atoms with E-state index >= 15 is 0 Å². The van der Waals surface area contributed by atoms with Crippen molar-refractivity contribution in [2.24, 2.45) is 0 Å². The lowest BCUT2D eigenvalue weighted by atomic mass is 10.1. The summed E-state index contributed by atoms with van der Waals surface area (Å²) >= 11 is 0. The standard InChI is InChI=1S/C28H21N7O5/c1-39-17-8-6-16(7-9-17)35-23(14-24(36)34-35)32-28(38)31-20-10-11-21(19-5-3-2-4-18(19)20)40-22-12-13-29-27-26(22)30-15-25(37)33-27/h2-15H,1H3,(H,34,36)(H,29,33,37)(H2,31,32,38). The third-order valence-electron chi connectivity index (χ3n) is 6.05. The predicted octanol–water partition coefficient (Wildman–Crippen LogP) is 4.81. The van der Waals surface area contributed by atoms with Gasteiger partial charge in [0.25, 0.3) is 5.56 Å². The van der Waals surface area contributed by atoms with Crippen LogP contribution in [0, 0.1) is 0 Å². The molecule has 0 unspecified atom stereocenters. The molecule has 12 heteroatoms. The summed E-state index contributed by atoms with van der Waals surface area (Å²) in [4.78, 5) is 35.6. The predicted molar refractivity (Wildman–Crippen MR) is 149 cm³/mol. The second-order valence-electron chi connectivity index (χ2n) is 8.59. The number of aromatic hydroxyl groups is 1. The molecule has 0 aliphatic heterocycles. The highest BCUT2D eigenvalue weighted by Crippen LogP contribution is 2.36. The number of aromatic nitrogens is 5. The van der Waals surface area contributed by atoms with Gasteiger partial charge in [0.2, 0.25) is 5.88 Å². The number of urea groups is 1. The van der Waals surface area contributed by atoms with Gasteiger partial charge in [-0.05, 0) is 36.4 Å². The molecule has 40 heavy (non-hydrogen) atoms. The molecular weight excluding hydrogens is 514 g/mol.